The van der Waals surface area contributed by atoms with Gasteiger partial charge in [-0.1, -0.05) is 0 Å². The molecule has 21 heavy (non-hydrogen) atoms. The van der Waals surface area contributed by atoms with Crippen LogP contribution in [0, 0.1) is 17.0 Å². The molecule has 2 N–H and O–H groups in total. The van der Waals surface area contributed by atoms with E-state index in [9.17, 15) is 24.5 Å². The minimum absolute atomic E-state index is 0.0133. The predicted molar refractivity (Wildman–Crippen MR) is 69.0 cm³/mol. The summed E-state index contributed by atoms with van der Waals surface area (Å²) in [5, 5.41) is 28.1. The van der Waals surface area contributed by atoms with E-state index >= 15 is 0 Å². The van der Waals surface area contributed by atoms with Crippen LogP contribution in [0.25, 0.3) is 0 Å². The molecule has 0 radical (unpaired) electrons. The molecule has 0 atom stereocenters. The molecule has 1 aromatic rings. The highest BCUT2D eigenvalue weighted by Crippen LogP contribution is 2.19. The molecule has 0 heterocycles. The van der Waals surface area contributed by atoms with Gasteiger partial charge in [0.2, 0.25) is 0 Å². The predicted octanol–water partition coefficient (Wildman–Crippen LogP) is 0.515. The summed E-state index contributed by atoms with van der Waals surface area (Å²) >= 11 is 0. The molecule has 0 unspecified atom stereocenters. The molecule has 9 nitrogen and oxygen atoms in total. The first-order chi connectivity index (χ1) is 9.72. The number of nitro benzene ring substituents is 1. The maximum atomic E-state index is 12.1. The van der Waals surface area contributed by atoms with Gasteiger partial charge >= 0.3 is 11.9 Å². The number of nitro groups is 1. The fourth-order valence-electron chi connectivity index (χ4n) is 1.70. The number of hydrogen-bond acceptors (Lipinski definition) is 5. The zero-order chi connectivity index (χ0) is 16.2. The van der Waals surface area contributed by atoms with Crippen LogP contribution >= 0.6 is 0 Å². The number of carbonyl (C=O) groups excluding carboxylic acids is 1. The molecule has 0 spiro atoms. The van der Waals surface area contributed by atoms with Crippen LogP contribution < -0.4 is 0 Å². The normalized spacial score (nSPS) is 9.95. The van der Waals surface area contributed by atoms with Crippen LogP contribution in [0.2, 0.25) is 0 Å². The summed E-state index contributed by atoms with van der Waals surface area (Å²) in [6, 6.07) is 3.49. The van der Waals surface area contributed by atoms with E-state index < -0.39 is 35.9 Å². The number of aryl methyl sites for hydroxylation is 1. The van der Waals surface area contributed by atoms with Gasteiger partial charge in [-0.2, -0.15) is 0 Å². The summed E-state index contributed by atoms with van der Waals surface area (Å²) in [6.45, 7) is -0.129. The van der Waals surface area contributed by atoms with Crippen LogP contribution in [0.4, 0.5) is 5.69 Å². The average Bonchev–Trinajstić information content (AvgIpc) is 2.35. The summed E-state index contributed by atoms with van der Waals surface area (Å²) in [5.74, 6) is -3.54. The summed E-state index contributed by atoms with van der Waals surface area (Å²) in [4.78, 5) is 44.1. The zero-order valence-corrected chi connectivity index (χ0v) is 11.0. The quantitative estimate of drug-likeness (QED) is 0.576. The number of carbonyl (C=O) groups is 3. The molecule has 0 aromatic heterocycles. The highest BCUT2D eigenvalue weighted by molar-refractivity contribution is 5.97. The van der Waals surface area contributed by atoms with E-state index in [0.29, 0.717) is 4.90 Å². The zero-order valence-electron chi connectivity index (χ0n) is 11.0. The fourth-order valence-corrected chi connectivity index (χ4v) is 1.70. The first-order valence-corrected chi connectivity index (χ1v) is 5.70. The Morgan fingerprint density at radius 2 is 1.71 bits per heavy atom. The number of nitrogens with zero attached hydrogens (tertiary/aromatic N) is 2. The van der Waals surface area contributed by atoms with Crippen molar-refractivity contribution < 1.29 is 29.5 Å². The van der Waals surface area contributed by atoms with Crippen molar-refractivity contribution >= 4 is 23.5 Å². The second kappa shape index (κ2) is 6.46. The Hall–Kier alpha value is -2.97. The van der Waals surface area contributed by atoms with Crippen LogP contribution in [0.5, 0.6) is 0 Å². The Labute approximate surface area is 118 Å². The second-order valence-electron chi connectivity index (χ2n) is 4.21. The Bertz CT molecular complexity index is 596. The molecule has 1 aromatic carbocycles. The largest absolute Gasteiger partial charge is 0.480 e. The Morgan fingerprint density at radius 1 is 1.19 bits per heavy atom. The molecule has 9 heteroatoms. The Morgan fingerprint density at radius 3 is 2.10 bits per heavy atom. The molecule has 0 fully saturated rings. The summed E-state index contributed by atoms with van der Waals surface area (Å²) < 4.78 is 0. The van der Waals surface area contributed by atoms with E-state index in [1.54, 1.807) is 0 Å². The maximum absolute atomic E-state index is 12.1. The van der Waals surface area contributed by atoms with Gasteiger partial charge in [-0.05, 0) is 19.1 Å². The van der Waals surface area contributed by atoms with Gasteiger partial charge < -0.3 is 15.1 Å². The molecule has 0 saturated heterocycles. The molecule has 0 aliphatic carbocycles. The SMILES string of the molecule is Cc1cc(C(=O)N(CC(=O)O)CC(=O)O)ccc1[N+](=O)[O-]. The van der Waals surface area contributed by atoms with Crippen molar-refractivity contribution in [2.24, 2.45) is 0 Å². The van der Waals surface area contributed by atoms with E-state index in [4.69, 9.17) is 10.2 Å². The number of benzene rings is 1. The van der Waals surface area contributed by atoms with Crippen LogP contribution in [0.1, 0.15) is 15.9 Å². The second-order valence-corrected chi connectivity index (χ2v) is 4.21. The number of rotatable bonds is 6. The van der Waals surface area contributed by atoms with Crippen molar-refractivity contribution in [1.82, 2.24) is 4.90 Å². The third-order valence-corrected chi connectivity index (χ3v) is 2.58. The maximum Gasteiger partial charge on any atom is 0.323 e. The molecule has 0 aliphatic heterocycles. The fraction of sp³-hybridized carbons (Fsp3) is 0.250. The van der Waals surface area contributed by atoms with Gasteiger partial charge in [-0.15, -0.1) is 0 Å². The van der Waals surface area contributed by atoms with Gasteiger partial charge in [0.15, 0.2) is 0 Å². The number of aliphatic carboxylic acids is 2. The van der Waals surface area contributed by atoms with Crippen molar-refractivity contribution in [3.8, 4) is 0 Å². The van der Waals surface area contributed by atoms with E-state index in [1.165, 1.54) is 13.0 Å². The number of amides is 1. The van der Waals surface area contributed by atoms with Crippen LogP contribution in [0.3, 0.4) is 0 Å². The minimum Gasteiger partial charge on any atom is -0.480 e. The third-order valence-electron chi connectivity index (χ3n) is 2.58. The lowest BCUT2D eigenvalue weighted by atomic mass is 10.1. The van der Waals surface area contributed by atoms with Gasteiger partial charge in [0, 0.05) is 17.2 Å². The monoisotopic (exact) mass is 296 g/mol. The summed E-state index contributed by atoms with van der Waals surface area (Å²) in [7, 11) is 0. The summed E-state index contributed by atoms with van der Waals surface area (Å²) in [5.41, 5.74) is 0.0200. The smallest absolute Gasteiger partial charge is 0.323 e. The first-order valence-electron chi connectivity index (χ1n) is 5.70. The number of carboxylic acids is 2. The average molecular weight is 296 g/mol. The lowest BCUT2D eigenvalue weighted by Gasteiger charge is -2.18. The third kappa shape index (κ3) is 4.27. The van der Waals surface area contributed by atoms with Crippen molar-refractivity contribution in [2.75, 3.05) is 13.1 Å². The molecule has 0 bridgehead atoms. The molecule has 112 valence electrons. The lowest BCUT2D eigenvalue weighted by Crippen LogP contribution is -2.39. The molecular formula is C12H12N2O7. The van der Waals surface area contributed by atoms with Crippen molar-refractivity contribution in [1.29, 1.82) is 0 Å². The topological polar surface area (TPSA) is 138 Å². The highest BCUT2D eigenvalue weighted by atomic mass is 16.6. The van der Waals surface area contributed by atoms with E-state index in [0.717, 1.165) is 12.1 Å². The van der Waals surface area contributed by atoms with Gasteiger partial charge in [0.25, 0.3) is 11.6 Å². The van der Waals surface area contributed by atoms with Crippen LogP contribution in [-0.4, -0.2) is 51.0 Å². The van der Waals surface area contributed by atoms with Crippen molar-refractivity contribution in [3.63, 3.8) is 0 Å². The van der Waals surface area contributed by atoms with Crippen molar-refractivity contribution in [2.45, 2.75) is 6.92 Å². The van der Waals surface area contributed by atoms with Crippen LogP contribution in [0.15, 0.2) is 18.2 Å². The van der Waals surface area contributed by atoms with E-state index in [2.05, 4.69) is 0 Å². The van der Waals surface area contributed by atoms with Gasteiger partial charge in [0.1, 0.15) is 13.1 Å². The molecule has 1 amide bonds. The Kier molecular flexibility index (Phi) is 4.95. The molecule has 0 saturated carbocycles. The van der Waals surface area contributed by atoms with Crippen LogP contribution in [-0.2, 0) is 9.59 Å². The van der Waals surface area contributed by atoms with Gasteiger partial charge in [-0.3, -0.25) is 24.5 Å². The van der Waals surface area contributed by atoms with Gasteiger partial charge in [-0.25, -0.2) is 0 Å². The summed E-state index contributed by atoms with van der Waals surface area (Å²) in [6.07, 6.45) is 0. The Balaban J connectivity index is 3.08. The molecule has 0 aliphatic rings. The lowest BCUT2D eigenvalue weighted by molar-refractivity contribution is -0.385. The minimum atomic E-state index is -1.36. The molecule has 1 rings (SSSR count). The van der Waals surface area contributed by atoms with E-state index in [-0.39, 0.29) is 16.8 Å². The first kappa shape index (κ1) is 16.1. The molecular weight excluding hydrogens is 284 g/mol. The standard InChI is InChI=1S/C12H12N2O7/c1-7-4-8(2-3-9(7)14(20)21)12(19)13(5-10(15)16)6-11(17)18/h2-4H,5-6H2,1H3,(H,15,16)(H,17,18). The van der Waals surface area contributed by atoms with Gasteiger partial charge in [0.05, 0.1) is 4.92 Å². The number of carboxylic acid groups (broad SMARTS) is 2. The van der Waals surface area contributed by atoms with Crippen molar-refractivity contribution in [3.05, 3.63) is 39.4 Å². The number of hydrogen-bond donors (Lipinski definition) is 2. The van der Waals surface area contributed by atoms with E-state index in [1.807, 2.05) is 0 Å². The highest BCUT2D eigenvalue weighted by Gasteiger charge is 2.22.